The van der Waals surface area contributed by atoms with Crippen molar-refractivity contribution < 1.29 is 24.6 Å². The molecule has 0 amide bonds. The first-order chi connectivity index (χ1) is 12.4. The largest absolute Gasteiger partial charge is 0.393 e. The average Bonchev–Trinajstić information content (AvgIpc) is 3.00. The zero-order valence-electron chi connectivity index (χ0n) is 15.1. The second-order valence-corrected chi connectivity index (χ2v) is 8.78. The molecule has 0 bridgehead atoms. The van der Waals surface area contributed by atoms with Gasteiger partial charge in [-0.05, 0) is 56.1 Å². The van der Waals surface area contributed by atoms with Crippen LogP contribution in [0.4, 0.5) is 0 Å². The lowest BCUT2D eigenvalue weighted by atomic mass is 9.46. The monoisotopic (exact) mass is 358 g/mol. The molecule has 4 rings (SSSR count). The lowest BCUT2D eigenvalue weighted by Gasteiger charge is -2.58. The molecule has 0 spiro atoms. The van der Waals surface area contributed by atoms with Crippen LogP contribution in [0.2, 0.25) is 0 Å². The molecule has 140 valence electrons. The molecule has 0 aliphatic heterocycles. The third kappa shape index (κ3) is 2.20. The summed E-state index contributed by atoms with van der Waals surface area (Å²) >= 11 is 0. The van der Waals surface area contributed by atoms with E-state index in [1.807, 2.05) is 6.08 Å². The quantitative estimate of drug-likeness (QED) is 0.748. The van der Waals surface area contributed by atoms with Crippen molar-refractivity contribution in [3.8, 4) is 0 Å². The van der Waals surface area contributed by atoms with Crippen LogP contribution in [0, 0.1) is 34.5 Å². The Labute approximate surface area is 153 Å². The van der Waals surface area contributed by atoms with Crippen molar-refractivity contribution in [2.24, 2.45) is 34.5 Å². The van der Waals surface area contributed by atoms with Gasteiger partial charge in [0.2, 0.25) is 0 Å². The maximum absolute atomic E-state index is 12.3. The molecule has 4 aliphatic carbocycles. The standard InChI is InChI=1S/C21H26O5/c1-20-7-6-13(24)8-12(20)2-3-14-15-4-5-16(18(26)10-22)21(15,11-23)9-17(25)19(14)20/h6-8,11,14-17,19,22,25H,2-5,9-10H2,1H3/t14-,15-,16+,17-,19+,20-,21+/m1/s1. The van der Waals surface area contributed by atoms with Gasteiger partial charge in [-0.25, -0.2) is 0 Å². The van der Waals surface area contributed by atoms with Crippen molar-refractivity contribution >= 4 is 17.9 Å². The minimum Gasteiger partial charge on any atom is -0.393 e. The topological polar surface area (TPSA) is 91.7 Å². The SMILES string of the molecule is C[C@@]12C=CC(=O)C=C1CC[C@H]1[C@H]2[C@H](O)C[C@]2(C=O)[C@@H]1CC[C@H]2C(=O)CO. The molecule has 3 saturated carbocycles. The number of fused-ring (bicyclic) bond motifs is 5. The van der Waals surface area contributed by atoms with E-state index in [-0.39, 0.29) is 41.2 Å². The summed E-state index contributed by atoms with van der Waals surface area (Å²) in [7, 11) is 0. The van der Waals surface area contributed by atoms with Crippen LogP contribution in [-0.2, 0) is 14.4 Å². The van der Waals surface area contributed by atoms with Gasteiger partial charge in [-0.15, -0.1) is 0 Å². The number of rotatable bonds is 3. The Morgan fingerprint density at radius 2 is 2.12 bits per heavy atom. The van der Waals surface area contributed by atoms with E-state index in [0.717, 1.165) is 31.1 Å². The number of Topliss-reactive ketones (excluding diaryl/α,β-unsaturated/α-hetero) is 1. The molecule has 0 heterocycles. The van der Waals surface area contributed by atoms with Gasteiger partial charge in [0.05, 0.1) is 6.10 Å². The van der Waals surface area contributed by atoms with Gasteiger partial charge in [-0.3, -0.25) is 9.59 Å². The summed E-state index contributed by atoms with van der Waals surface area (Å²) in [5, 5.41) is 20.4. The highest BCUT2D eigenvalue weighted by molar-refractivity contribution is 6.01. The third-order valence-electron chi connectivity index (χ3n) is 7.87. The summed E-state index contributed by atoms with van der Waals surface area (Å²) in [6.07, 6.45) is 8.68. The number of aldehydes is 1. The lowest BCUT2D eigenvalue weighted by Crippen LogP contribution is -2.57. The Kier molecular flexibility index (Phi) is 4.08. The average molecular weight is 358 g/mol. The molecule has 0 unspecified atom stereocenters. The Bertz CT molecular complexity index is 722. The van der Waals surface area contributed by atoms with Crippen LogP contribution < -0.4 is 0 Å². The van der Waals surface area contributed by atoms with Gasteiger partial charge in [0.15, 0.2) is 11.6 Å². The van der Waals surface area contributed by atoms with E-state index in [0.29, 0.717) is 6.42 Å². The molecule has 26 heavy (non-hydrogen) atoms. The minimum atomic E-state index is -0.855. The summed E-state index contributed by atoms with van der Waals surface area (Å²) in [6.45, 7) is 1.54. The van der Waals surface area contributed by atoms with Crippen LogP contribution in [0.5, 0.6) is 0 Å². The summed E-state index contributed by atoms with van der Waals surface area (Å²) in [4.78, 5) is 36.3. The second-order valence-electron chi connectivity index (χ2n) is 8.78. The van der Waals surface area contributed by atoms with Crippen molar-refractivity contribution in [1.29, 1.82) is 0 Å². The highest BCUT2D eigenvalue weighted by atomic mass is 16.3. The van der Waals surface area contributed by atoms with Crippen molar-refractivity contribution in [2.75, 3.05) is 6.61 Å². The molecule has 0 aromatic rings. The van der Waals surface area contributed by atoms with Crippen LogP contribution in [0.25, 0.3) is 0 Å². The normalized spacial score (nSPS) is 46.8. The number of aliphatic hydroxyl groups is 2. The molecule has 5 heteroatoms. The molecule has 0 saturated heterocycles. The van der Waals surface area contributed by atoms with E-state index in [1.54, 1.807) is 12.2 Å². The molecule has 4 aliphatic rings. The van der Waals surface area contributed by atoms with Gasteiger partial charge >= 0.3 is 0 Å². The van der Waals surface area contributed by atoms with Gasteiger partial charge in [0.25, 0.3) is 0 Å². The number of hydrogen-bond donors (Lipinski definition) is 2. The highest BCUT2D eigenvalue weighted by Crippen LogP contribution is 2.65. The first-order valence-corrected chi connectivity index (χ1v) is 9.59. The predicted octanol–water partition coefficient (Wildman–Crippen LogP) is 1.62. The minimum absolute atomic E-state index is 0.00191. The van der Waals surface area contributed by atoms with E-state index < -0.39 is 24.0 Å². The maximum Gasteiger partial charge on any atom is 0.178 e. The Hall–Kier alpha value is -1.59. The molecule has 0 radical (unpaired) electrons. The van der Waals surface area contributed by atoms with Crippen LogP contribution in [0.15, 0.2) is 23.8 Å². The van der Waals surface area contributed by atoms with Crippen molar-refractivity contribution in [2.45, 2.75) is 45.1 Å². The smallest absolute Gasteiger partial charge is 0.178 e. The first kappa shape index (κ1) is 17.8. The molecule has 3 fully saturated rings. The molecule has 2 N–H and O–H groups in total. The highest BCUT2D eigenvalue weighted by Gasteiger charge is 2.64. The zero-order valence-corrected chi connectivity index (χ0v) is 15.1. The summed E-state index contributed by atoms with van der Waals surface area (Å²) in [5.74, 6) is -0.626. The second kappa shape index (κ2) is 5.96. The first-order valence-electron chi connectivity index (χ1n) is 9.59. The zero-order chi connectivity index (χ0) is 18.7. The van der Waals surface area contributed by atoms with Crippen LogP contribution in [0.1, 0.15) is 39.0 Å². The van der Waals surface area contributed by atoms with E-state index >= 15 is 0 Å². The molecule has 5 nitrogen and oxygen atoms in total. The number of hydrogen-bond acceptors (Lipinski definition) is 5. The van der Waals surface area contributed by atoms with Gasteiger partial charge in [-0.2, -0.15) is 0 Å². The Morgan fingerprint density at radius 3 is 2.81 bits per heavy atom. The molecular weight excluding hydrogens is 332 g/mol. The fraction of sp³-hybridized carbons (Fsp3) is 0.667. The lowest BCUT2D eigenvalue weighted by molar-refractivity contribution is -0.153. The van der Waals surface area contributed by atoms with E-state index in [4.69, 9.17) is 0 Å². The Morgan fingerprint density at radius 1 is 1.35 bits per heavy atom. The third-order valence-corrected chi connectivity index (χ3v) is 7.87. The van der Waals surface area contributed by atoms with Crippen molar-refractivity contribution in [3.63, 3.8) is 0 Å². The molecular formula is C21H26O5. The van der Waals surface area contributed by atoms with Crippen LogP contribution in [-0.4, -0.2) is 40.8 Å². The van der Waals surface area contributed by atoms with E-state index in [1.165, 1.54) is 0 Å². The summed E-state index contributed by atoms with van der Waals surface area (Å²) in [6, 6.07) is 0. The van der Waals surface area contributed by atoms with Gasteiger partial charge in [0, 0.05) is 22.7 Å². The fourth-order valence-corrected chi connectivity index (χ4v) is 6.81. The summed E-state index contributed by atoms with van der Waals surface area (Å²) < 4.78 is 0. The molecule has 7 atom stereocenters. The summed E-state index contributed by atoms with van der Waals surface area (Å²) in [5.41, 5.74) is -0.152. The number of ketones is 2. The maximum atomic E-state index is 12.3. The van der Waals surface area contributed by atoms with Gasteiger partial charge in [-0.1, -0.05) is 18.6 Å². The van der Waals surface area contributed by atoms with E-state index in [9.17, 15) is 24.6 Å². The van der Waals surface area contributed by atoms with Crippen LogP contribution in [0.3, 0.4) is 0 Å². The number of carbonyl (C=O) groups excluding carboxylic acids is 3. The van der Waals surface area contributed by atoms with E-state index in [2.05, 4.69) is 6.92 Å². The number of carbonyl (C=O) groups is 3. The van der Waals surface area contributed by atoms with Crippen molar-refractivity contribution in [1.82, 2.24) is 0 Å². The predicted molar refractivity (Wildman–Crippen MR) is 94.0 cm³/mol. The van der Waals surface area contributed by atoms with Crippen molar-refractivity contribution in [3.05, 3.63) is 23.8 Å². The van der Waals surface area contributed by atoms with Gasteiger partial charge < -0.3 is 15.0 Å². The molecule has 0 aromatic carbocycles. The van der Waals surface area contributed by atoms with Crippen LogP contribution >= 0.6 is 0 Å². The number of allylic oxidation sites excluding steroid dienone is 4. The molecule has 0 aromatic heterocycles. The fourth-order valence-electron chi connectivity index (χ4n) is 6.81. The number of aliphatic hydroxyl groups excluding tert-OH is 2. The van der Waals surface area contributed by atoms with Gasteiger partial charge in [0.1, 0.15) is 12.9 Å². The Balaban J connectivity index is 1.75.